The van der Waals surface area contributed by atoms with Crippen molar-refractivity contribution in [3.05, 3.63) is 40.8 Å². The van der Waals surface area contributed by atoms with Crippen molar-refractivity contribution in [3.8, 4) is 0 Å². The van der Waals surface area contributed by atoms with Crippen molar-refractivity contribution >= 4 is 54.4 Å². The molecule has 1 saturated carbocycles. The fourth-order valence-electron chi connectivity index (χ4n) is 3.94. The predicted molar refractivity (Wildman–Crippen MR) is 121 cm³/mol. The first kappa shape index (κ1) is 24.2. The first-order valence-corrected chi connectivity index (χ1v) is 13.1. The van der Waals surface area contributed by atoms with E-state index in [4.69, 9.17) is 11.6 Å². The highest BCUT2D eigenvalue weighted by Gasteiger charge is 2.41. The summed E-state index contributed by atoms with van der Waals surface area (Å²) in [5.41, 5.74) is 0.782. The molecule has 0 radical (unpaired) electrons. The van der Waals surface area contributed by atoms with Gasteiger partial charge in [-0.3, -0.25) is 4.79 Å². The molecule has 35 heavy (non-hydrogen) atoms. The second-order valence-corrected chi connectivity index (χ2v) is 11.5. The van der Waals surface area contributed by atoms with Crippen LogP contribution in [0.4, 0.5) is 18.3 Å². The van der Waals surface area contributed by atoms with E-state index in [1.165, 1.54) is 17.0 Å². The van der Waals surface area contributed by atoms with Gasteiger partial charge >= 0.3 is 12.1 Å². The Hall–Kier alpha value is -2.55. The minimum atomic E-state index is -4.81. The molecule has 2 aromatic heterocycles. The smallest absolute Gasteiger partial charge is 0.451 e. The Bertz CT molecular complexity index is 1410. The summed E-state index contributed by atoms with van der Waals surface area (Å²) in [5.74, 6) is -2.34. The zero-order valence-corrected chi connectivity index (χ0v) is 20.1. The molecule has 0 amide bonds. The Morgan fingerprint density at radius 3 is 2.40 bits per heavy atom. The summed E-state index contributed by atoms with van der Waals surface area (Å²) in [4.78, 5) is 24.3. The van der Waals surface area contributed by atoms with E-state index in [0.717, 1.165) is 34.0 Å². The maximum atomic E-state index is 13.2. The van der Waals surface area contributed by atoms with Crippen LogP contribution in [0.15, 0.2) is 29.2 Å². The number of hydrogen-bond donors (Lipinski definition) is 1. The molecule has 2 fully saturated rings. The van der Waals surface area contributed by atoms with Crippen molar-refractivity contribution < 1.29 is 31.5 Å². The van der Waals surface area contributed by atoms with Crippen LogP contribution < -0.4 is 4.90 Å². The van der Waals surface area contributed by atoms with E-state index in [1.54, 1.807) is 12.1 Å². The van der Waals surface area contributed by atoms with Gasteiger partial charge < -0.3 is 10.0 Å². The van der Waals surface area contributed by atoms with Gasteiger partial charge in [-0.1, -0.05) is 35.1 Å². The van der Waals surface area contributed by atoms with Gasteiger partial charge in [-0.2, -0.15) is 22.5 Å². The highest BCUT2D eigenvalue weighted by Crippen LogP contribution is 2.40. The van der Waals surface area contributed by atoms with Crippen LogP contribution in [0.1, 0.15) is 30.1 Å². The van der Waals surface area contributed by atoms with Crippen molar-refractivity contribution in [1.29, 1.82) is 0 Å². The number of carbonyl (C=O) groups is 1. The van der Waals surface area contributed by atoms with Crippen LogP contribution >= 0.6 is 22.9 Å². The summed E-state index contributed by atoms with van der Waals surface area (Å²) in [6, 6.07) is 5.03. The van der Waals surface area contributed by atoms with Crippen LogP contribution in [0.3, 0.4) is 0 Å². The number of sulfonamides is 1. The molecular formula is C20H17ClF3N5O4S2. The lowest BCUT2D eigenvalue weighted by atomic mass is 10.1. The van der Waals surface area contributed by atoms with Crippen molar-refractivity contribution in [2.75, 3.05) is 24.5 Å². The number of alkyl halides is 3. The van der Waals surface area contributed by atoms with Gasteiger partial charge in [0.25, 0.3) is 0 Å². The second-order valence-electron chi connectivity index (χ2n) is 8.24. The number of benzene rings is 1. The van der Waals surface area contributed by atoms with Crippen molar-refractivity contribution in [3.63, 3.8) is 0 Å². The van der Waals surface area contributed by atoms with Gasteiger partial charge in [0.05, 0.1) is 4.90 Å². The third kappa shape index (κ3) is 4.55. The van der Waals surface area contributed by atoms with E-state index in [2.05, 4.69) is 15.0 Å². The summed E-state index contributed by atoms with van der Waals surface area (Å²) >= 11 is 6.81. The summed E-state index contributed by atoms with van der Waals surface area (Å²) in [7, 11) is -4.10. The molecule has 186 valence electrons. The lowest BCUT2D eigenvalue weighted by molar-refractivity contribution is -0.144. The van der Waals surface area contributed by atoms with E-state index < -0.39 is 39.2 Å². The number of anilines is 1. The normalized spacial score (nSPS) is 19.9. The summed E-state index contributed by atoms with van der Waals surface area (Å²) in [5, 5.41) is 9.55. The lowest BCUT2D eigenvalue weighted by Crippen LogP contribution is -2.58. The number of carboxylic acid groups (broad SMARTS) is 1. The fourth-order valence-corrected chi connectivity index (χ4v) is 6.70. The number of fused-ring (bicyclic) bond motifs is 1. The molecular weight excluding hydrogens is 531 g/mol. The minimum Gasteiger partial charge on any atom is -0.480 e. The predicted octanol–water partition coefficient (Wildman–Crippen LogP) is 3.60. The number of carboxylic acids is 1. The second kappa shape index (κ2) is 8.54. The Morgan fingerprint density at radius 1 is 1.11 bits per heavy atom. The Kier molecular flexibility index (Phi) is 5.89. The zero-order chi connectivity index (χ0) is 25.1. The topological polar surface area (TPSA) is 117 Å². The number of hydrogen-bond acceptors (Lipinski definition) is 8. The maximum absolute atomic E-state index is 13.2. The van der Waals surface area contributed by atoms with Gasteiger partial charge in [0.1, 0.15) is 10.7 Å². The van der Waals surface area contributed by atoms with Gasteiger partial charge in [0.15, 0.2) is 15.9 Å². The summed E-state index contributed by atoms with van der Waals surface area (Å²) in [6.45, 7) is -0.349. The van der Waals surface area contributed by atoms with Gasteiger partial charge in [-0.25, -0.2) is 18.4 Å². The molecule has 0 bridgehead atoms. The number of aliphatic carboxylic acids is 1. The number of halogens is 4. The van der Waals surface area contributed by atoms with Crippen LogP contribution in [0.25, 0.3) is 10.3 Å². The number of nitrogens with zero attached hydrogens (tertiary/aromatic N) is 5. The zero-order valence-electron chi connectivity index (χ0n) is 17.7. The van der Waals surface area contributed by atoms with Gasteiger partial charge in [0.2, 0.25) is 15.8 Å². The summed E-state index contributed by atoms with van der Waals surface area (Å²) in [6.07, 6.45) is -2.68. The van der Waals surface area contributed by atoms with Crippen molar-refractivity contribution in [2.45, 2.75) is 35.9 Å². The SMILES string of the molecule is O=C(O)[C@H]1CN(c2nc3nc(C(F)(F)F)nc(Cl)c3s2)CCN1S(=O)(=O)c1ccc(C2CC2)cc1. The minimum absolute atomic E-state index is 0.00308. The highest BCUT2D eigenvalue weighted by atomic mass is 35.5. The molecule has 5 rings (SSSR count). The number of thiazole rings is 1. The van der Waals surface area contributed by atoms with Crippen molar-refractivity contribution in [1.82, 2.24) is 19.3 Å². The average molecular weight is 548 g/mol. The standard InChI is InChI=1S/C20H17ClF3N5O4S2/c21-15-14-16(26-18(25-15)20(22,23)24)27-19(34-14)28-7-8-29(13(9-28)17(30)31)35(32,33)12-5-3-11(4-6-12)10-1-2-10/h3-6,10,13H,1-2,7-9H2,(H,30,31)/t13-/m1/s1. The van der Waals surface area contributed by atoms with E-state index >= 15 is 0 Å². The van der Waals surface area contributed by atoms with Gasteiger partial charge in [-0.15, -0.1) is 0 Å². The Balaban J connectivity index is 1.42. The fraction of sp³-hybridized carbons (Fsp3) is 0.400. The van der Waals surface area contributed by atoms with E-state index in [0.29, 0.717) is 5.92 Å². The van der Waals surface area contributed by atoms with Crippen LogP contribution in [-0.4, -0.2) is 64.4 Å². The average Bonchev–Trinajstić information content (AvgIpc) is 3.56. The van der Waals surface area contributed by atoms with Crippen LogP contribution in [-0.2, 0) is 21.0 Å². The molecule has 1 saturated heterocycles. The molecule has 1 atom stereocenters. The lowest BCUT2D eigenvalue weighted by Gasteiger charge is -2.38. The molecule has 15 heteroatoms. The highest BCUT2D eigenvalue weighted by molar-refractivity contribution is 7.89. The van der Waals surface area contributed by atoms with E-state index in [1.807, 2.05) is 0 Å². The third-order valence-electron chi connectivity index (χ3n) is 5.88. The van der Waals surface area contributed by atoms with E-state index in [9.17, 15) is 31.5 Å². The first-order valence-electron chi connectivity index (χ1n) is 10.5. The molecule has 1 N–H and O–H groups in total. The quantitative estimate of drug-likeness (QED) is 0.482. The van der Waals surface area contributed by atoms with Crippen LogP contribution in [0.5, 0.6) is 0 Å². The molecule has 9 nitrogen and oxygen atoms in total. The Morgan fingerprint density at radius 2 is 1.80 bits per heavy atom. The first-order chi connectivity index (χ1) is 16.4. The van der Waals surface area contributed by atoms with E-state index in [-0.39, 0.29) is 40.0 Å². The Labute approximate surface area is 206 Å². The summed E-state index contributed by atoms with van der Waals surface area (Å²) < 4.78 is 66.6. The molecule has 0 spiro atoms. The van der Waals surface area contributed by atoms with Crippen LogP contribution in [0.2, 0.25) is 5.15 Å². The molecule has 3 aromatic rings. The number of rotatable bonds is 5. The number of piperazine rings is 1. The monoisotopic (exact) mass is 547 g/mol. The van der Waals surface area contributed by atoms with Crippen LogP contribution in [0, 0.1) is 0 Å². The largest absolute Gasteiger partial charge is 0.480 e. The van der Waals surface area contributed by atoms with Gasteiger partial charge in [-0.05, 0) is 36.5 Å². The molecule has 1 aliphatic heterocycles. The van der Waals surface area contributed by atoms with Gasteiger partial charge in [0, 0.05) is 19.6 Å². The molecule has 3 heterocycles. The molecule has 2 aliphatic rings. The van der Waals surface area contributed by atoms with Crippen molar-refractivity contribution in [2.24, 2.45) is 0 Å². The molecule has 1 aromatic carbocycles. The number of aromatic nitrogens is 3. The third-order valence-corrected chi connectivity index (χ3v) is 9.30. The molecule has 0 unspecified atom stereocenters. The molecule has 1 aliphatic carbocycles. The maximum Gasteiger partial charge on any atom is 0.451 e.